The van der Waals surface area contributed by atoms with Gasteiger partial charge >= 0.3 is 0 Å². The molecule has 1 aliphatic rings. The predicted molar refractivity (Wildman–Crippen MR) is 96.4 cm³/mol. The SMILES string of the molecule is COc1ccccc1CNC(=O)[C@H](c1cccc(F)c1)N1CCOCC1. The maximum Gasteiger partial charge on any atom is 0.242 e. The predicted octanol–water partition coefficient (Wildman–Crippen LogP) is 2.52. The lowest BCUT2D eigenvalue weighted by atomic mass is 10.0. The molecule has 5 nitrogen and oxygen atoms in total. The molecule has 1 heterocycles. The Morgan fingerprint density at radius 3 is 2.73 bits per heavy atom. The highest BCUT2D eigenvalue weighted by atomic mass is 19.1. The van der Waals surface area contributed by atoms with Crippen LogP contribution in [0.15, 0.2) is 48.5 Å². The molecule has 0 aliphatic carbocycles. The minimum atomic E-state index is -0.552. The molecule has 0 spiro atoms. The number of halogens is 1. The van der Waals surface area contributed by atoms with Gasteiger partial charge in [-0.2, -0.15) is 0 Å². The monoisotopic (exact) mass is 358 g/mol. The van der Waals surface area contributed by atoms with Crippen molar-refractivity contribution in [3.05, 3.63) is 65.5 Å². The average Bonchev–Trinajstić information content (AvgIpc) is 2.68. The quantitative estimate of drug-likeness (QED) is 0.862. The molecule has 0 unspecified atom stereocenters. The molecule has 138 valence electrons. The van der Waals surface area contributed by atoms with Gasteiger partial charge in [0.25, 0.3) is 0 Å². The summed E-state index contributed by atoms with van der Waals surface area (Å²) in [6, 6.07) is 13.2. The van der Waals surface area contributed by atoms with Crippen molar-refractivity contribution in [1.29, 1.82) is 0 Å². The first-order chi connectivity index (χ1) is 12.7. The number of benzene rings is 2. The van der Waals surface area contributed by atoms with Gasteiger partial charge in [0.2, 0.25) is 5.91 Å². The van der Waals surface area contributed by atoms with E-state index in [1.807, 2.05) is 29.2 Å². The number of hydrogen-bond donors (Lipinski definition) is 1. The maximum atomic E-state index is 13.7. The molecule has 1 fully saturated rings. The van der Waals surface area contributed by atoms with Crippen molar-refractivity contribution >= 4 is 5.91 Å². The number of methoxy groups -OCH3 is 1. The van der Waals surface area contributed by atoms with Gasteiger partial charge in [-0.05, 0) is 23.8 Å². The van der Waals surface area contributed by atoms with Crippen molar-refractivity contribution in [1.82, 2.24) is 10.2 Å². The standard InChI is InChI=1S/C20H23FN2O3/c1-25-18-8-3-2-5-16(18)14-22-20(24)19(23-9-11-26-12-10-23)15-6-4-7-17(21)13-15/h2-8,13,19H,9-12,14H2,1H3,(H,22,24)/t19-/m0/s1. The van der Waals surface area contributed by atoms with E-state index in [2.05, 4.69) is 5.32 Å². The third-order valence-electron chi connectivity index (χ3n) is 4.47. The molecule has 0 radical (unpaired) electrons. The van der Waals surface area contributed by atoms with Crippen LogP contribution in [0, 0.1) is 5.82 Å². The number of carbonyl (C=O) groups excluding carboxylic acids is 1. The Labute approximate surface area is 152 Å². The smallest absolute Gasteiger partial charge is 0.242 e. The molecule has 1 N–H and O–H groups in total. The third-order valence-corrected chi connectivity index (χ3v) is 4.47. The Balaban J connectivity index is 1.78. The summed E-state index contributed by atoms with van der Waals surface area (Å²) in [5, 5.41) is 2.97. The molecule has 1 aliphatic heterocycles. The van der Waals surface area contributed by atoms with Gasteiger partial charge < -0.3 is 14.8 Å². The largest absolute Gasteiger partial charge is 0.496 e. The zero-order valence-electron chi connectivity index (χ0n) is 14.8. The van der Waals surface area contributed by atoms with Gasteiger partial charge in [0.1, 0.15) is 17.6 Å². The number of nitrogens with one attached hydrogen (secondary N) is 1. The molecule has 1 saturated heterocycles. The summed E-state index contributed by atoms with van der Waals surface area (Å²) >= 11 is 0. The summed E-state index contributed by atoms with van der Waals surface area (Å²) in [4.78, 5) is 15.0. The number of carbonyl (C=O) groups is 1. The fraction of sp³-hybridized carbons (Fsp3) is 0.350. The van der Waals surface area contributed by atoms with E-state index in [1.165, 1.54) is 12.1 Å². The number of para-hydroxylation sites is 1. The van der Waals surface area contributed by atoms with Crippen molar-refractivity contribution in [2.24, 2.45) is 0 Å². The summed E-state index contributed by atoms with van der Waals surface area (Å²) in [5.41, 5.74) is 1.53. The van der Waals surface area contributed by atoms with E-state index < -0.39 is 6.04 Å². The van der Waals surface area contributed by atoms with Gasteiger partial charge in [0.15, 0.2) is 0 Å². The van der Waals surface area contributed by atoms with Crippen molar-refractivity contribution in [3.63, 3.8) is 0 Å². The molecule has 0 saturated carbocycles. The summed E-state index contributed by atoms with van der Waals surface area (Å²) in [6.45, 7) is 2.72. The molecule has 2 aromatic rings. The van der Waals surface area contributed by atoms with Crippen LogP contribution in [0.2, 0.25) is 0 Å². The van der Waals surface area contributed by atoms with Crippen LogP contribution in [0.3, 0.4) is 0 Å². The third kappa shape index (κ3) is 4.39. The zero-order valence-corrected chi connectivity index (χ0v) is 14.8. The lowest BCUT2D eigenvalue weighted by molar-refractivity contribution is -0.128. The minimum absolute atomic E-state index is 0.164. The van der Waals surface area contributed by atoms with Crippen LogP contribution in [-0.4, -0.2) is 44.2 Å². The number of rotatable bonds is 6. The van der Waals surface area contributed by atoms with Crippen LogP contribution >= 0.6 is 0 Å². The molecule has 3 rings (SSSR count). The Kier molecular flexibility index (Phi) is 6.20. The second-order valence-electron chi connectivity index (χ2n) is 6.14. The highest BCUT2D eigenvalue weighted by molar-refractivity contribution is 5.83. The maximum absolute atomic E-state index is 13.7. The van der Waals surface area contributed by atoms with Gasteiger partial charge in [-0.25, -0.2) is 4.39 Å². The van der Waals surface area contributed by atoms with E-state index >= 15 is 0 Å². The second kappa shape index (κ2) is 8.78. The normalized spacial score (nSPS) is 16.1. The van der Waals surface area contributed by atoms with E-state index in [1.54, 1.807) is 19.2 Å². The lowest BCUT2D eigenvalue weighted by Crippen LogP contribution is -2.45. The summed E-state index contributed by atoms with van der Waals surface area (Å²) in [6.07, 6.45) is 0. The Hall–Kier alpha value is -2.44. The lowest BCUT2D eigenvalue weighted by Gasteiger charge is -2.33. The van der Waals surface area contributed by atoms with Gasteiger partial charge in [0.05, 0.1) is 20.3 Å². The van der Waals surface area contributed by atoms with Crippen molar-refractivity contribution in [2.75, 3.05) is 33.4 Å². The number of amides is 1. The molecule has 1 amide bonds. The Morgan fingerprint density at radius 2 is 2.00 bits per heavy atom. The first-order valence-electron chi connectivity index (χ1n) is 8.66. The van der Waals surface area contributed by atoms with Crippen molar-refractivity contribution < 1.29 is 18.7 Å². The van der Waals surface area contributed by atoms with E-state index in [0.717, 1.165) is 11.3 Å². The summed E-state index contributed by atoms with van der Waals surface area (Å²) in [7, 11) is 1.60. The average molecular weight is 358 g/mol. The second-order valence-corrected chi connectivity index (χ2v) is 6.14. The van der Waals surface area contributed by atoms with Gasteiger partial charge in [-0.15, -0.1) is 0 Å². The van der Waals surface area contributed by atoms with Gasteiger partial charge in [0, 0.05) is 25.2 Å². The van der Waals surface area contributed by atoms with Crippen LogP contribution in [0.1, 0.15) is 17.2 Å². The van der Waals surface area contributed by atoms with Crippen molar-refractivity contribution in [3.8, 4) is 5.75 Å². The van der Waals surface area contributed by atoms with Gasteiger partial charge in [-0.1, -0.05) is 30.3 Å². The summed E-state index contributed by atoms with van der Waals surface area (Å²) < 4.78 is 24.4. The minimum Gasteiger partial charge on any atom is -0.496 e. The molecule has 2 aromatic carbocycles. The van der Waals surface area contributed by atoms with Gasteiger partial charge in [-0.3, -0.25) is 9.69 Å². The van der Waals surface area contributed by atoms with E-state index in [9.17, 15) is 9.18 Å². The first kappa shape index (κ1) is 18.4. The molecule has 26 heavy (non-hydrogen) atoms. The number of morpholine rings is 1. The summed E-state index contributed by atoms with van der Waals surface area (Å²) in [5.74, 6) is 0.211. The number of hydrogen-bond acceptors (Lipinski definition) is 4. The van der Waals surface area contributed by atoms with Crippen LogP contribution in [0.4, 0.5) is 4.39 Å². The van der Waals surface area contributed by atoms with Crippen LogP contribution in [0.25, 0.3) is 0 Å². The van der Waals surface area contributed by atoms with Crippen LogP contribution in [-0.2, 0) is 16.1 Å². The Morgan fingerprint density at radius 1 is 1.23 bits per heavy atom. The highest BCUT2D eigenvalue weighted by Gasteiger charge is 2.29. The molecule has 1 atom stereocenters. The molecule has 6 heteroatoms. The van der Waals surface area contributed by atoms with Crippen LogP contribution in [0.5, 0.6) is 5.75 Å². The number of nitrogens with zero attached hydrogens (tertiary/aromatic N) is 1. The van der Waals surface area contributed by atoms with Crippen molar-refractivity contribution in [2.45, 2.75) is 12.6 Å². The van der Waals surface area contributed by atoms with E-state index in [4.69, 9.17) is 9.47 Å². The topological polar surface area (TPSA) is 50.8 Å². The Bertz CT molecular complexity index is 747. The van der Waals surface area contributed by atoms with E-state index in [0.29, 0.717) is 38.4 Å². The molecular weight excluding hydrogens is 335 g/mol. The van der Waals surface area contributed by atoms with E-state index in [-0.39, 0.29) is 11.7 Å². The first-order valence-corrected chi connectivity index (χ1v) is 8.66. The van der Waals surface area contributed by atoms with Crippen LogP contribution < -0.4 is 10.1 Å². The molecule has 0 aromatic heterocycles. The zero-order chi connectivity index (χ0) is 18.4. The fourth-order valence-corrected chi connectivity index (χ4v) is 3.17. The molecular formula is C20H23FN2O3. The number of ether oxygens (including phenoxy) is 2. The molecule has 0 bridgehead atoms. The fourth-order valence-electron chi connectivity index (χ4n) is 3.17. The highest BCUT2D eigenvalue weighted by Crippen LogP contribution is 2.24.